The zero-order valence-electron chi connectivity index (χ0n) is 25.5. The summed E-state index contributed by atoms with van der Waals surface area (Å²) in [6.07, 6.45) is 4.50. The molecule has 0 atom stereocenters. The fourth-order valence-corrected chi connectivity index (χ4v) is 7.60. The maximum atomic E-state index is 2.41. The van der Waals surface area contributed by atoms with Crippen molar-refractivity contribution in [2.24, 2.45) is 0 Å². The van der Waals surface area contributed by atoms with Crippen LogP contribution in [0.25, 0.3) is 77.9 Å². The largest absolute Gasteiger partial charge is 0.0622 e. The van der Waals surface area contributed by atoms with Crippen molar-refractivity contribution in [3.8, 4) is 33.4 Å². The van der Waals surface area contributed by atoms with E-state index in [2.05, 4.69) is 172 Å². The second-order valence-corrected chi connectivity index (χ2v) is 13.0. The van der Waals surface area contributed by atoms with Gasteiger partial charge in [0.1, 0.15) is 0 Å². The van der Waals surface area contributed by atoms with Gasteiger partial charge < -0.3 is 0 Å². The minimum atomic E-state index is -0.0607. The van der Waals surface area contributed by atoms with Gasteiger partial charge in [-0.25, -0.2) is 0 Å². The number of benzene rings is 8. The Kier molecular flexibility index (Phi) is 5.64. The summed E-state index contributed by atoms with van der Waals surface area (Å²) >= 11 is 0. The molecule has 0 aliphatic heterocycles. The van der Waals surface area contributed by atoms with Gasteiger partial charge in [0.25, 0.3) is 0 Å². The summed E-state index contributed by atoms with van der Waals surface area (Å²) in [5.74, 6) is 0. The van der Waals surface area contributed by atoms with Crippen molar-refractivity contribution in [1.82, 2.24) is 0 Å². The molecule has 9 rings (SSSR count). The summed E-state index contributed by atoms with van der Waals surface area (Å²) < 4.78 is 0. The van der Waals surface area contributed by atoms with Crippen LogP contribution in [0.5, 0.6) is 0 Å². The molecular weight excluding hydrogens is 540 g/mol. The predicted octanol–water partition coefficient (Wildman–Crippen LogP) is 12.4. The van der Waals surface area contributed by atoms with Gasteiger partial charge in [-0.1, -0.05) is 159 Å². The lowest BCUT2D eigenvalue weighted by atomic mass is 9.81. The Morgan fingerprint density at radius 3 is 1.64 bits per heavy atom. The molecule has 0 aromatic heterocycles. The van der Waals surface area contributed by atoms with Crippen molar-refractivity contribution in [3.05, 3.63) is 168 Å². The van der Waals surface area contributed by atoms with Gasteiger partial charge in [-0.2, -0.15) is 0 Å². The molecule has 0 N–H and O–H groups in total. The maximum Gasteiger partial charge on any atom is 0.0159 e. The van der Waals surface area contributed by atoms with Gasteiger partial charge in [-0.15, -0.1) is 0 Å². The Morgan fingerprint density at radius 1 is 0.422 bits per heavy atom. The van der Waals surface area contributed by atoms with Crippen LogP contribution in [0.4, 0.5) is 0 Å². The molecule has 0 spiro atoms. The second-order valence-electron chi connectivity index (χ2n) is 13.0. The highest BCUT2D eigenvalue weighted by atomic mass is 14.4. The van der Waals surface area contributed by atoms with Crippen LogP contribution in [-0.4, -0.2) is 0 Å². The van der Waals surface area contributed by atoms with E-state index < -0.39 is 0 Å². The molecular formula is C45H32. The summed E-state index contributed by atoms with van der Waals surface area (Å²) in [4.78, 5) is 0. The molecule has 0 bridgehead atoms. The molecule has 0 nitrogen and oxygen atoms in total. The van der Waals surface area contributed by atoms with Crippen LogP contribution < -0.4 is 0 Å². The van der Waals surface area contributed by atoms with E-state index in [1.54, 1.807) is 0 Å². The quantitative estimate of drug-likeness (QED) is 0.145. The molecule has 0 radical (unpaired) electrons. The van der Waals surface area contributed by atoms with E-state index in [0.29, 0.717) is 0 Å². The molecule has 1 aliphatic rings. The van der Waals surface area contributed by atoms with Crippen molar-refractivity contribution in [2.75, 3.05) is 0 Å². The third-order valence-corrected chi connectivity index (χ3v) is 10.0. The fourth-order valence-electron chi connectivity index (χ4n) is 7.60. The van der Waals surface area contributed by atoms with Gasteiger partial charge in [0.15, 0.2) is 0 Å². The SMILES string of the molecule is CC1(C)c2cc(-c3ccccc3)ccc2-c2ccc(-c3ccc(C=Cc4ccc5ccc6cccc7ccc4c5c67)cc3)cc21. The van der Waals surface area contributed by atoms with Gasteiger partial charge in [0, 0.05) is 5.41 Å². The Morgan fingerprint density at radius 2 is 0.978 bits per heavy atom. The van der Waals surface area contributed by atoms with Crippen LogP contribution in [-0.2, 0) is 5.41 Å². The molecule has 0 amide bonds. The minimum absolute atomic E-state index is 0.0607. The van der Waals surface area contributed by atoms with Crippen molar-refractivity contribution in [3.63, 3.8) is 0 Å². The summed E-state index contributed by atoms with van der Waals surface area (Å²) in [6.45, 7) is 4.73. The lowest BCUT2D eigenvalue weighted by Crippen LogP contribution is -2.15. The van der Waals surface area contributed by atoms with Gasteiger partial charge in [-0.05, 0) is 100 Å². The predicted molar refractivity (Wildman–Crippen MR) is 194 cm³/mol. The molecule has 0 saturated carbocycles. The zero-order valence-corrected chi connectivity index (χ0v) is 25.5. The molecule has 0 fully saturated rings. The highest BCUT2D eigenvalue weighted by Crippen LogP contribution is 2.50. The lowest BCUT2D eigenvalue weighted by Gasteiger charge is -2.22. The van der Waals surface area contributed by atoms with E-state index in [4.69, 9.17) is 0 Å². The fraction of sp³-hybridized carbons (Fsp3) is 0.0667. The number of hydrogen-bond donors (Lipinski definition) is 0. The maximum absolute atomic E-state index is 2.41. The number of hydrogen-bond acceptors (Lipinski definition) is 0. The minimum Gasteiger partial charge on any atom is -0.0622 e. The zero-order chi connectivity index (χ0) is 30.1. The highest BCUT2D eigenvalue weighted by Gasteiger charge is 2.35. The molecule has 8 aromatic carbocycles. The molecule has 0 heteroatoms. The Labute approximate surface area is 264 Å². The van der Waals surface area contributed by atoms with Gasteiger partial charge in [-0.3, -0.25) is 0 Å². The van der Waals surface area contributed by atoms with E-state index in [-0.39, 0.29) is 5.41 Å². The topological polar surface area (TPSA) is 0 Å². The van der Waals surface area contributed by atoms with Crippen LogP contribution >= 0.6 is 0 Å². The molecule has 45 heavy (non-hydrogen) atoms. The van der Waals surface area contributed by atoms with Gasteiger partial charge in [0.2, 0.25) is 0 Å². The van der Waals surface area contributed by atoms with Crippen molar-refractivity contribution < 1.29 is 0 Å². The van der Waals surface area contributed by atoms with E-state index in [1.165, 1.54) is 88.0 Å². The Balaban J connectivity index is 1.02. The van der Waals surface area contributed by atoms with Crippen molar-refractivity contribution in [1.29, 1.82) is 0 Å². The van der Waals surface area contributed by atoms with Crippen LogP contribution in [0.1, 0.15) is 36.1 Å². The van der Waals surface area contributed by atoms with E-state index in [9.17, 15) is 0 Å². The normalized spacial score (nSPS) is 13.6. The highest BCUT2D eigenvalue weighted by molar-refractivity contribution is 6.24. The van der Waals surface area contributed by atoms with Crippen molar-refractivity contribution in [2.45, 2.75) is 19.3 Å². The molecule has 1 aliphatic carbocycles. The van der Waals surface area contributed by atoms with E-state index in [1.807, 2.05) is 0 Å². The number of rotatable bonds is 4. The summed E-state index contributed by atoms with van der Waals surface area (Å²) in [5, 5.41) is 7.94. The first-order valence-electron chi connectivity index (χ1n) is 15.8. The molecule has 212 valence electrons. The third-order valence-electron chi connectivity index (χ3n) is 10.0. The van der Waals surface area contributed by atoms with Crippen LogP contribution in [0.2, 0.25) is 0 Å². The van der Waals surface area contributed by atoms with E-state index in [0.717, 1.165) is 0 Å². The summed E-state index contributed by atoms with van der Waals surface area (Å²) in [7, 11) is 0. The number of fused-ring (bicyclic) bond motifs is 3. The first kappa shape index (κ1) is 26.0. The molecule has 0 saturated heterocycles. The lowest BCUT2D eigenvalue weighted by molar-refractivity contribution is 0.661. The second kappa shape index (κ2) is 9.78. The van der Waals surface area contributed by atoms with E-state index >= 15 is 0 Å². The Bertz CT molecular complexity index is 2410. The average Bonchev–Trinajstić information content (AvgIpc) is 3.32. The average molecular weight is 573 g/mol. The van der Waals surface area contributed by atoms with Crippen LogP contribution in [0.15, 0.2) is 146 Å². The smallest absolute Gasteiger partial charge is 0.0159 e. The van der Waals surface area contributed by atoms with Crippen LogP contribution in [0.3, 0.4) is 0 Å². The third kappa shape index (κ3) is 4.06. The molecule has 0 heterocycles. The van der Waals surface area contributed by atoms with Crippen molar-refractivity contribution >= 4 is 44.5 Å². The molecule has 0 unspecified atom stereocenters. The van der Waals surface area contributed by atoms with Gasteiger partial charge in [0.05, 0.1) is 0 Å². The first-order valence-corrected chi connectivity index (χ1v) is 15.8. The van der Waals surface area contributed by atoms with Gasteiger partial charge >= 0.3 is 0 Å². The first-order chi connectivity index (χ1) is 22.0. The Hall–Kier alpha value is -5.46. The molecule has 8 aromatic rings. The summed E-state index contributed by atoms with van der Waals surface area (Å²) in [6, 6.07) is 53.8. The summed E-state index contributed by atoms with van der Waals surface area (Å²) in [5.41, 5.74) is 13.0. The standard InChI is InChI=1S/C45H32/c1-45(2)41-27-36(30-7-4-3-5-8-30)22-25-39(41)40-26-23-37(28-42(40)45)31-14-11-29(12-15-31)13-16-32-17-18-35-20-19-33-9-6-10-34-21-24-38(32)44(35)43(33)34/h3-28H,1-2H3. The van der Waals surface area contributed by atoms with Crippen LogP contribution in [0, 0.1) is 0 Å². The monoisotopic (exact) mass is 572 g/mol.